The SMILES string of the molecule is O=C(O)C(Nc1cccc(Br)c1)C1CCCOC1. The molecule has 1 aromatic rings. The molecular weight excluding hydrogens is 298 g/mol. The summed E-state index contributed by atoms with van der Waals surface area (Å²) in [5, 5.41) is 12.4. The summed E-state index contributed by atoms with van der Waals surface area (Å²) in [7, 11) is 0. The molecule has 98 valence electrons. The van der Waals surface area contributed by atoms with Crippen molar-refractivity contribution in [2.75, 3.05) is 18.5 Å². The molecule has 18 heavy (non-hydrogen) atoms. The first-order valence-electron chi connectivity index (χ1n) is 5.99. The first-order valence-corrected chi connectivity index (χ1v) is 6.79. The molecule has 1 aromatic carbocycles. The topological polar surface area (TPSA) is 58.6 Å². The van der Waals surface area contributed by atoms with Crippen molar-refractivity contribution in [2.45, 2.75) is 18.9 Å². The van der Waals surface area contributed by atoms with Gasteiger partial charge in [-0.3, -0.25) is 0 Å². The Labute approximate surface area is 114 Å². The molecule has 4 nitrogen and oxygen atoms in total. The Kier molecular flexibility index (Phi) is 4.60. The second-order valence-corrected chi connectivity index (χ2v) is 5.36. The van der Waals surface area contributed by atoms with Crippen LogP contribution in [0.2, 0.25) is 0 Å². The minimum Gasteiger partial charge on any atom is -0.480 e. The van der Waals surface area contributed by atoms with E-state index in [1.165, 1.54) is 0 Å². The molecule has 1 aliphatic heterocycles. The standard InChI is InChI=1S/C13H16BrNO3/c14-10-4-1-5-11(7-10)15-12(13(16)17)9-3-2-6-18-8-9/h1,4-5,7,9,12,15H,2-3,6,8H2,(H,16,17). The average molecular weight is 314 g/mol. The number of hydrogen-bond acceptors (Lipinski definition) is 3. The molecule has 0 saturated carbocycles. The molecule has 1 heterocycles. The first-order chi connectivity index (χ1) is 8.66. The Balaban J connectivity index is 2.08. The van der Waals surface area contributed by atoms with Crippen molar-refractivity contribution < 1.29 is 14.6 Å². The lowest BCUT2D eigenvalue weighted by Gasteiger charge is -2.28. The van der Waals surface area contributed by atoms with Crippen molar-refractivity contribution in [2.24, 2.45) is 5.92 Å². The predicted molar refractivity (Wildman–Crippen MR) is 72.7 cm³/mol. The van der Waals surface area contributed by atoms with Gasteiger partial charge in [-0.25, -0.2) is 4.79 Å². The van der Waals surface area contributed by atoms with E-state index in [0.717, 1.165) is 29.6 Å². The van der Waals surface area contributed by atoms with Crippen LogP contribution in [0.25, 0.3) is 0 Å². The van der Waals surface area contributed by atoms with E-state index in [1.807, 2.05) is 24.3 Å². The van der Waals surface area contributed by atoms with Gasteiger partial charge in [0.2, 0.25) is 0 Å². The third kappa shape index (κ3) is 3.46. The smallest absolute Gasteiger partial charge is 0.326 e. The van der Waals surface area contributed by atoms with E-state index in [0.29, 0.717) is 6.61 Å². The summed E-state index contributed by atoms with van der Waals surface area (Å²) in [5.74, 6) is -0.805. The zero-order valence-electron chi connectivity index (χ0n) is 9.93. The molecule has 0 radical (unpaired) electrons. The summed E-state index contributed by atoms with van der Waals surface area (Å²) < 4.78 is 6.29. The van der Waals surface area contributed by atoms with E-state index in [4.69, 9.17) is 4.74 Å². The van der Waals surface area contributed by atoms with Crippen LogP contribution in [0, 0.1) is 5.92 Å². The maximum absolute atomic E-state index is 11.4. The van der Waals surface area contributed by atoms with E-state index in [9.17, 15) is 9.90 Å². The molecule has 0 bridgehead atoms. The Hall–Kier alpha value is -1.07. The van der Waals surface area contributed by atoms with Crippen LogP contribution in [0.3, 0.4) is 0 Å². The molecular formula is C13H16BrNO3. The second kappa shape index (κ2) is 6.20. The lowest BCUT2D eigenvalue weighted by atomic mass is 9.93. The van der Waals surface area contributed by atoms with Crippen LogP contribution in [-0.4, -0.2) is 30.3 Å². The van der Waals surface area contributed by atoms with Gasteiger partial charge >= 0.3 is 5.97 Å². The van der Waals surface area contributed by atoms with Crippen LogP contribution in [0.4, 0.5) is 5.69 Å². The molecule has 2 rings (SSSR count). The summed E-state index contributed by atoms with van der Waals surface area (Å²) in [6.07, 6.45) is 1.81. The minimum atomic E-state index is -0.828. The second-order valence-electron chi connectivity index (χ2n) is 4.45. The number of hydrogen-bond donors (Lipinski definition) is 2. The Morgan fingerprint density at radius 2 is 2.39 bits per heavy atom. The number of anilines is 1. The van der Waals surface area contributed by atoms with Gasteiger partial charge in [0.1, 0.15) is 6.04 Å². The summed E-state index contributed by atoms with van der Waals surface area (Å²) in [4.78, 5) is 11.4. The highest BCUT2D eigenvalue weighted by molar-refractivity contribution is 9.10. The van der Waals surface area contributed by atoms with E-state index in [-0.39, 0.29) is 5.92 Å². The third-order valence-electron chi connectivity index (χ3n) is 3.08. The lowest BCUT2D eigenvalue weighted by molar-refractivity contribution is -0.140. The van der Waals surface area contributed by atoms with Crippen molar-refractivity contribution in [3.8, 4) is 0 Å². The molecule has 1 fully saturated rings. The zero-order valence-corrected chi connectivity index (χ0v) is 11.5. The van der Waals surface area contributed by atoms with Crippen LogP contribution in [0.5, 0.6) is 0 Å². The van der Waals surface area contributed by atoms with Crippen LogP contribution in [-0.2, 0) is 9.53 Å². The van der Waals surface area contributed by atoms with Gasteiger partial charge in [-0.1, -0.05) is 22.0 Å². The van der Waals surface area contributed by atoms with Gasteiger partial charge in [-0.15, -0.1) is 0 Å². The molecule has 0 aromatic heterocycles. The van der Waals surface area contributed by atoms with Gasteiger partial charge in [0.05, 0.1) is 6.61 Å². The number of benzene rings is 1. The quantitative estimate of drug-likeness (QED) is 0.897. The Morgan fingerprint density at radius 3 is 3.00 bits per heavy atom. The summed E-state index contributed by atoms with van der Waals surface area (Å²) in [5.41, 5.74) is 0.808. The van der Waals surface area contributed by atoms with Crippen LogP contribution < -0.4 is 5.32 Å². The molecule has 5 heteroatoms. The normalized spacial score (nSPS) is 21.3. The van der Waals surface area contributed by atoms with Gasteiger partial charge in [-0.05, 0) is 31.0 Å². The largest absolute Gasteiger partial charge is 0.480 e. The fraction of sp³-hybridized carbons (Fsp3) is 0.462. The van der Waals surface area contributed by atoms with Crippen molar-refractivity contribution >= 4 is 27.6 Å². The number of carboxylic acids is 1. The monoisotopic (exact) mass is 313 g/mol. The number of aliphatic carboxylic acids is 1. The predicted octanol–water partition coefficient (Wildman–Crippen LogP) is 2.74. The summed E-state index contributed by atoms with van der Waals surface area (Å²) >= 11 is 3.37. The summed E-state index contributed by atoms with van der Waals surface area (Å²) in [6.45, 7) is 1.25. The van der Waals surface area contributed by atoms with Gasteiger partial charge in [-0.2, -0.15) is 0 Å². The fourth-order valence-electron chi connectivity index (χ4n) is 2.17. The number of nitrogens with one attached hydrogen (secondary N) is 1. The van der Waals surface area contributed by atoms with Crippen LogP contribution in [0.15, 0.2) is 28.7 Å². The Morgan fingerprint density at radius 1 is 1.56 bits per heavy atom. The van der Waals surface area contributed by atoms with Crippen molar-refractivity contribution in [1.82, 2.24) is 0 Å². The minimum absolute atomic E-state index is 0.0234. The maximum atomic E-state index is 11.4. The van der Waals surface area contributed by atoms with Crippen LogP contribution >= 0.6 is 15.9 Å². The van der Waals surface area contributed by atoms with Gasteiger partial charge < -0.3 is 15.2 Å². The van der Waals surface area contributed by atoms with Gasteiger partial charge in [0, 0.05) is 22.7 Å². The molecule has 2 atom stereocenters. The number of halogens is 1. The molecule has 0 aliphatic carbocycles. The fourth-order valence-corrected chi connectivity index (χ4v) is 2.57. The first kappa shape index (κ1) is 13.4. The van der Waals surface area contributed by atoms with E-state index >= 15 is 0 Å². The highest BCUT2D eigenvalue weighted by atomic mass is 79.9. The van der Waals surface area contributed by atoms with E-state index in [2.05, 4.69) is 21.2 Å². The van der Waals surface area contributed by atoms with Crippen molar-refractivity contribution in [3.05, 3.63) is 28.7 Å². The maximum Gasteiger partial charge on any atom is 0.326 e. The number of carbonyl (C=O) groups is 1. The molecule has 2 N–H and O–H groups in total. The molecule has 1 saturated heterocycles. The highest BCUT2D eigenvalue weighted by Gasteiger charge is 2.29. The van der Waals surface area contributed by atoms with E-state index in [1.54, 1.807) is 0 Å². The van der Waals surface area contributed by atoms with Crippen molar-refractivity contribution in [3.63, 3.8) is 0 Å². The van der Waals surface area contributed by atoms with Gasteiger partial charge in [0.25, 0.3) is 0 Å². The highest BCUT2D eigenvalue weighted by Crippen LogP contribution is 2.23. The van der Waals surface area contributed by atoms with Crippen LogP contribution in [0.1, 0.15) is 12.8 Å². The molecule has 0 amide bonds. The molecule has 0 spiro atoms. The third-order valence-corrected chi connectivity index (χ3v) is 3.57. The van der Waals surface area contributed by atoms with Crippen molar-refractivity contribution in [1.29, 1.82) is 0 Å². The number of rotatable bonds is 4. The summed E-state index contributed by atoms with van der Waals surface area (Å²) in [6, 6.07) is 6.93. The average Bonchev–Trinajstić information content (AvgIpc) is 2.37. The number of ether oxygens (including phenoxy) is 1. The Bertz CT molecular complexity index is 418. The lowest BCUT2D eigenvalue weighted by Crippen LogP contribution is -2.40. The van der Waals surface area contributed by atoms with Gasteiger partial charge in [0.15, 0.2) is 0 Å². The zero-order chi connectivity index (χ0) is 13.0. The van der Waals surface area contributed by atoms with E-state index < -0.39 is 12.0 Å². The molecule has 2 unspecified atom stereocenters. The molecule has 1 aliphatic rings. The number of carboxylic acid groups (broad SMARTS) is 1.